The number of furan rings is 1. The number of nitrogens with zero attached hydrogens (tertiary/aromatic N) is 4. The van der Waals surface area contributed by atoms with Crippen molar-refractivity contribution in [1.29, 1.82) is 0 Å². The number of hydrogen-bond donors (Lipinski definition) is 5. The summed E-state index contributed by atoms with van der Waals surface area (Å²) in [4.78, 5) is 19.3. The van der Waals surface area contributed by atoms with Crippen LogP contribution in [-0.4, -0.2) is 60.1 Å². The van der Waals surface area contributed by atoms with Gasteiger partial charge in [-0.3, -0.25) is 4.98 Å². The standard InChI is InChI=1S/C30H32N6O4S/c1-14(21-12-17-5-3-4-6-20(17)40-21)32-30-33-15(2)23(28(36-30)34-19-11-18(13-37)26(38)27(19)39)29-35-25-22(41-29)9-10-31-24(25)16-7-8-16/h3-6,9-10,12,14,16,18-19,26-27,37-39H,7-8,11,13H2,1-2H3,(H2,32,33,34,36). The number of aryl methyl sites for hydroxylation is 1. The number of rotatable bonds is 8. The molecule has 0 aliphatic heterocycles. The van der Waals surface area contributed by atoms with Crippen LogP contribution in [0.3, 0.4) is 0 Å². The monoisotopic (exact) mass is 572 g/mol. The highest BCUT2D eigenvalue weighted by Gasteiger charge is 2.41. The van der Waals surface area contributed by atoms with Crippen LogP contribution in [0.5, 0.6) is 0 Å². The summed E-state index contributed by atoms with van der Waals surface area (Å²) in [6.07, 6.45) is 2.43. The molecular weight excluding hydrogens is 540 g/mol. The number of aliphatic hydroxyl groups excluding tert-OH is 3. The number of fused-ring (bicyclic) bond motifs is 2. The highest BCUT2D eigenvalue weighted by atomic mass is 32.1. The van der Waals surface area contributed by atoms with Gasteiger partial charge < -0.3 is 30.4 Å². The fraction of sp³-hybridized carbons (Fsp3) is 0.400. The lowest BCUT2D eigenvalue weighted by Crippen LogP contribution is -2.35. The van der Waals surface area contributed by atoms with Crippen LogP contribution in [0.2, 0.25) is 0 Å². The molecule has 7 rings (SSSR count). The van der Waals surface area contributed by atoms with Crippen LogP contribution in [0.1, 0.15) is 55.3 Å². The zero-order chi connectivity index (χ0) is 28.2. The van der Waals surface area contributed by atoms with Crippen LogP contribution < -0.4 is 10.6 Å². The van der Waals surface area contributed by atoms with E-state index in [1.807, 2.05) is 56.4 Å². The maximum atomic E-state index is 10.8. The predicted octanol–water partition coefficient (Wildman–Crippen LogP) is 4.77. The van der Waals surface area contributed by atoms with Crippen molar-refractivity contribution in [3.63, 3.8) is 0 Å². The molecule has 2 aliphatic rings. The largest absolute Gasteiger partial charge is 0.459 e. The molecule has 41 heavy (non-hydrogen) atoms. The maximum Gasteiger partial charge on any atom is 0.225 e. The Kier molecular flexibility index (Phi) is 6.61. The first-order valence-electron chi connectivity index (χ1n) is 14.0. The molecular formula is C30H32N6O4S. The molecule has 5 N–H and O–H groups in total. The summed E-state index contributed by atoms with van der Waals surface area (Å²) in [5.41, 5.74) is 4.22. The normalized spacial score (nSPS) is 23.3. The van der Waals surface area contributed by atoms with E-state index in [0.717, 1.165) is 56.1 Å². The average molecular weight is 573 g/mol. The topological polar surface area (TPSA) is 149 Å². The van der Waals surface area contributed by atoms with Crippen LogP contribution in [0.15, 0.2) is 47.0 Å². The Hall–Kier alpha value is -3.64. The lowest BCUT2D eigenvalue weighted by atomic mass is 10.1. The first kappa shape index (κ1) is 26.3. The van der Waals surface area contributed by atoms with Crippen molar-refractivity contribution in [3.8, 4) is 10.6 Å². The van der Waals surface area contributed by atoms with Gasteiger partial charge in [0, 0.05) is 30.0 Å². The molecule has 4 aromatic heterocycles. The van der Waals surface area contributed by atoms with Gasteiger partial charge in [0.1, 0.15) is 33.8 Å². The fourth-order valence-corrected chi connectivity index (χ4v) is 6.81. The Morgan fingerprint density at radius 2 is 1.93 bits per heavy atom. The third kappa shape index (κ3) is 4.82. The van der Waals surface area contributed by atoms with E-state index in [1.165, 1.54) is 0 Å². The molecule has 5 atom stereocenters. The SMILES string of the molecule is Cc1nc(NC(C)c2cc3ccccc3o2)nc(NC2CC(CO)C(O)C2O)c1-c1nc2c(C3CC3)nccc2s1. The predicted molar refractivity (Wildman–Crippen MR) is 158 cm³/mol. The molecule has 4 heterocycles. The summed E-state index contributed by atoms with van der Waals surface area (Å²) in [6.45, 7) is 3.70. The van der Waals surface area contributed by atoms with Crippen LogP contribution in [0.25, 0.3) is 31.8 Å². The second kappa shape index (κ2) is 10.3. The minimum Gasteiger partial charge on any atom is -0.459 e. The number of pyridine rings is 1. The van der Waals surface area contributed by atoms with Gasteiger partial charge in [-0.25, -0.2) is 9.97 Å². The molecule has 2 saturated carbocycles. The van der Waals surface area contributed by atoms with Gasteiger partial charge in [0.15, 0.2) is 0 Å². The van der Waals surface area contributed by atoms with Gasteiger partial charge in [-0.1, -0.05) is 18.2 Å². The van der Waals surface area contributed by atoms with Crippen LogP contribution in [0, 0.1) is 12.8 Å². The molecule has 10 nitrogen and oxygen atoms in total. The van der Waals surface area contributed by atoms with E-state index in [4.69, 9.17) is 19.4 Å². The number of benzene rings is 1. The molecule has 2 fully saturated rings. The van der Waals surface area contributed by atoms with Crippen molar-refractivity contribution in [2.24, 2.45) is 5.92 Å². The van der Waals surface area contributed by atoms with E-state index in [0.29, 0.717) is 29.8 Å². The van der Waals surface area contributed by atoms with E-state index < -0.39 is 24.2 Å². The number of para-hydroxylation sites is 1. The van der Waals surface area contributed by atoms with Gasteiger partial charge >= 0.3 is 0 Å². The zero-order valence-electron chi connectivity index (χ0n) is 22.8. The number of nitrogens with one attached hydrogen (secondary N) is 2. The molecule has 5 unspecified atom stereocenters. The molecule has 0 spiro atoms. The number of anilines is 2. The number of aromatic nitrogens is 4. The number of thiazole rings is 1. The minimum atomic E-state index is -1.05. The first-order valence-corrected chi connectivity index (χ1v) is 14.8. The second-order valence-corrected chi connectivity index (χ2v) is 12.2. The van der Waals surface area contributed by atoms with Crippen LogP contribution in [0.4, 0.5) is 11.8 Å². The fourth-order valence-electron chi connectivity index (χ4n) is 5.74. The highest BCUT2D eigenvalue weighted by Crippen LogP contribution is 2.44. The van der Waals surface area contributed by atoms with E-state index in [-0.39, 0.29) is 12.6 Å². The third-order valence-electron chi connectivity index (χ3n) is 8.18. The summed E-state index contributed by atoms with van der Waals surface area (Å²) >= 11 is 1.56. The smallest absolute Gasteiger partial charge is 0.225 e. The molecule has 0 saturated heterocycles. The Bertz CT molecular complexity index is 1700. The average Bonchev–Trinajstić information content (AvgIpc) is 3.46. The Morgan fingerprint density at radius 1 is 1.10 bits per heavy atom. The Labute approximate surface area is 240 Å². The van der Waals surface area contributed by atoms with E-state index in [2.05, 4.69) is 15.6 Å². The molecule has 2 aliphatic carbocycles. The van der Waals surface area contributed by atoms with Gasteiger partial charge in [-0.15, -0.1) is 11.3 Å². The summed E-state index contributed by atoms with van der Waals surface area (Å²) in [5.74, 6) is 1.70. The Morgan fingerprint density at radius 3 is 2.68 bits per heavy atom. The van der Waals surface area contributed by atoms with Gasteiger partial charge in [-0.2, -0.15) is 4.98 Å². The van der Waals surface area contributed by atoms with Gasteiger partial charge in [-0.05, 0) is 51.3 Å². The lowest BCUT2D eigenvalue weighted by molar-refractivity contribution is 0.00446. The van der Waals surface area contributed by atoms with E-state index >= 15 is 0 Å². The van der Waals surface area contributed by atoms with Crippen molar-refractivity contribution in [2.75, 3.05) is 17.2 Å². The highest BCUT2D eigenvalue weighted by molar-refractivity contribution is 7.21. The Balaban J connectivity index is 1.27. The summed E-state index contributed by atoms with van der Waals surface area (Å²) in [6, 6.07) is 11.1. The van der Waals surface area contributed by atoms with Crippen LogP contribution >= 0.6 is 11.3 Å². The maximum absolute atomic E-state index is 10.8. The molecule has 212 valence electrons. The summed E-state index contributed by atoms with van der Waals surface area (Å²) < 4.78 is 7.11. The van der Waals surface area contributed by atoms with E-state index in [9.17, 15) is 15.3 Å². The number of aliphatic hydroxyl groups is 3. The first-order chi connectivity index (χ1) is 19.9. The quantitative estimate of drug-likeness (QED) is 0.176. The second-order valence-electron chi connectivity index (χ2n) is 11.2. The van der Waals surface area contributed by atoms with Crippen molar-refractivity contribution >= 4 is 44.3 Å². The van der Waals surface area contributed by atoms with Gasteiger partial charge in [0.2, 0.25) is 5.95 Å². The molecule has 5 aromatic rings. The number of hydrogen-bond acceptors (Lipinski definition) is 11. The molecule has 0 amide bonds. The molecule has 0 radical (unpaired) electrons. The van der Waals surface area contributed by atoms with Gasteiger partial charge in [0.05, 0.1) is 39.8 Å². The lowest BCUT2D eigenvalue weighted by Gasteiger charge is -2.22. The third-order valence-corrected chi connectivity index (χ3v) is 9.22. The molecule has 1 aromatic carbocycles. The van der Waals surface area contributed by atoms with Crippen molar-refractivity contribution in [2.45, 2.75) is 63.3 Å². The van der Waals surface area contributed by atoms with Crippen LogP contribution in [-0.2, 0) is 0 Å². The minimum absolute atomic E-state index is 0.206. The zero-order valence-corrected chi connectivity index (χ0v) is 23.6. The molecule has 11 heteroatoms. The summed E-state index contributed by atoms with van der Waals surface area (Å²) in [7, 11) is 0. The van der Waals surface area contributed by atoms with Crippen molar-refractivity contribution in [3.05, 3.63) is 59.7 Å². The van der Waals surface area contributed by atoms with Crippen molar-refractivity contribution < 1.29 is 19.7 Å². The van der Waals surface area contributed by atoms with Crippen molar-refractivity contribution in [1.82, 2.24) is 19.9 Å². The molecule has 0 bridgehead atoms. The van der Waals surface area contributed by atoms with E-state index in [1.54, 1.807) is 11.3 Å². The van der Waals surface area contributed by atoms with Gasteiger partial charge in [0.25, 0.3) is 0 Å². The summed E-state index contributed by atoms with van der Waals surface area (Å²) in [5, 5.41) is 39.5.